The summed E-state index contributed by atoms with van der Waals surface area (Å²) < 4.78 is 0. The van der Waals surface area contributed by atoms with Gasteiger partial charge in [-0.25, -0.2) is 4.98 Å². The number of aromatic nitrogens is 1. The van der Waals surface area contributed by atoms with E-state index in [1.54, 1.807) is 5.38 Å². The SMILES string of the molecule is CCN(c1nc(C(N)C(=O)O)cs1)C(C)CN(C)C. The van der Waals surface area contributed by atoms with Gasteiger partial charge in [0.1, 0.15) is 6.04 Å². The lowest BCUT2D eigenvalue weighted by molar-refractivity contribution is -0.138. The Morgan fingerprint density at radius 3 is 2.68 bits per heavy atom. The third-order valence-electron chi connectivity index (χ3n) is 2.84. The van der Waals surface area contributed by atoms with E-state index in [-0.39, 0.29) is 0 Å². The molecule has 0 amide bonds. The molecular formula is C12H22N4O2S. The molecule has 0 aliphatic carbocycles. The molecule has 7 heteroatoms. The van der Waals surface area contributed by atoms with E-state index in [2.05, 4.69) is 28.6 Å². The predicted molar refractivity (Wildman–Crippen MR) is 77.7 cm³/mol. The van der Waals surface area contributed by atoms with Gasteiger partial charge >= 0.3 is 5.97 Å². The van der Waals surface area contributed by atoms with Crippen LogP contribution in [-0.4, -0.2) is 54.2 Å². The molecule has 0 aliphatic rings. The summed E-state index contributed by atoms with van der Waals surface area (Å²) in [5.74, 6) is -1.05. The van der Waals surface area contributed by atoms with Crippen LogP contribution in [0.25, 0.3) is 0 Å². The van der Waals surface area contributed by atoms with Gasteiger partial charge in [-0.2, -0.15) is 0 Å². The summed E-state index contributed by atoms with van der Waals surface area (Å²) in [6.45, 7) is 5.92. The minimum atomic E-state index is -1.05. The Morgan fingerprint density at radius 1 is 1.58 bits per heavy atom. The highest BCUT2D eigenvalue weighted by atomic mass is 32.1. The van der Waals surface area contributed by atoms with E-state index in [9.17, 15) is 4.79 Å². The molecule has 0 bridgehead atoms. The summed E-state index contributed by atoms with van der Waals surface area (Å²) in [5.41, 5.74) is 5.99. The zero-order valence-electron chi connectivity index (χ0n) is 11.8. The lowest BCUT2D eigenvalue weighted by Gasteiger charge is -2.29. The second-order valence-electron chi connectivity index (χ2n) is 4.77. The second-order valence-corrected chi connectivity index (χ2v) is 5.60. The molecule has 0 aliphatic heterocycles. The van der Waals surface area contributed by atoms with Crippen molar-refractivity contribution in [2.24, 2.45) is 5.73 Å². The Hall–Kier alpha value is -1.18. The number of carboxylic acid groups (broad SMARTS) is 1. The van der Waals surface area contributed by atoms with Crippen LogP contribution in [0.2, 0.25) is 0 Å². The molecule has 1 rings (SSSR count). The van der Waals surface area contributed by atoms with Gasteiger partial charge in [0.05, 0.1) is 5.69 Å². The molecule has 0 saturated carbocycles. The molecule has 1 aromatic heterocycles. The van der Waals surface area contributed by atoms with Crippen LogP contribution in [0.1, 0.15) is 25.6 Å². The van der Waals surface area contributed by atoms with E-state index in [0.29, 0.717) is 11.7 Å². The summed E-state index contributed by atoms with van der Waals surface area (Å²) in [7, 11) is 4.05. The van der Waals surface area contributed by atoms with Crippen molar-refractivity contribution < 1.29 is 9.90 Å². The van der Waals surface area contributed by atoms with Crippen molar-refractivity contribution in [3.05, 3.63) is 11.1 Å². The average molecular weight is 286 g/mol. The summed E-state index contributed by atoms with van der Waals surface area (Å²) in [6.07, 6.45) is 0. The van der Waals surface area contributed by atoms with Crippen LogP contribution in [0.5, 0.6) is 0 Å². The van der Waals surface area contributed by atoms with Gasteiger partial charge in [0.25, 0.3) is 0 Å². The predicted octanol–water partition coefficient (Wildman–Crippen LogP) is 1.00. The van der Waals surface area contributed by atoms with E-state index >= 15 is 0 Å². The molecule has 108 valence electrons. The van der Waals surface area contributed by atoms with Crippen molar-refractivity contribution in [3.8, 4) is 0 Å². The van der Waals surface area contributed by atoms with E-state index < -0.39 is 12.0 Å². The number of nitrogens with zero attached hydrogens (tertiary/aromatic N) is 3. The number of anilines is 1. The van der Waals surface area contributed by atoms with Crippen LogP contribution in [-0.2, 0) is 4.79 Å². The smallest absolute Gasteiger partial charge is 0.326 e. The molecule has 0 aromatic carbocycles. The maximum Gasteiger partial charge on any atom is 0.326 e. The molecule has 0 saturated heterocycles. The summed E-state index contributed by atoms with van der Waals surface area (Å²) in [4.78, 5) is 19.5. The standard InChI is InChI=1S/C12H22N4O2S/c1-5-16(8(2)6-15(3)4)12-14-9(7-19-12)10(13)11(17)18/h7-8,10H,5-6,13H2,1-4H3,(H,17,18). The number of hydrogen-bond donors (Lipinski definition) is 2. The van der Waals surface area contributed by atoms with Crippen LogP contribution in [0.3, 0.4) is 0 Å². The van der Waals surface area contributed by atoms with E-state index in [4.69, 9.17) is 10.8 Å². The lowest BCUT2D eigenvalue weighted by atomic mass is 10.2. The quantitative estimate of drug-likeness (QED) is 0.778. The van der Waals surface area contributed by atoms with Crippen LogP contribution in [0.15, 0.2) is 5.38 Å². The van der Waals surface area contributed by atoms with Gasteiger partial charge in [-0.3, -0.25) is 4.79 Å². The van der Waals surface area contributed by atoms with Crippen molar-refractivity contribution in [1.82, 2.24) is 9.88 Å². The number of carbonyl (C=O) groups is 1. The number of likely N-dealkylation sites (N-methyl/N-ethyl adjacent to an activating group) is 2. The number of rotatable bonds is 7. The van der Waals surface area contributed by atoms with Crippen LogP contribution < -0.4 is 10.6 Å². The van der Waals surface area contributed by atoms with Crippen LogP contribution >= 0.6 is 11.3 Å². The third kappa shape index (κ3) is 4.15. The van der Waals surface area contributed by atoms with E-state index in [1.165, 1.54) is 11.3 Å². The topological polar surface area (TPSA) is 82.7 Å². The number of aliphatic carboxylic acids is 1. The van der Waals surface area contributed by atoms with Gasteiger partial charge in [0, 0.05) is 24.5 Å². The Morgan fingerprint density at radius 2 is 2.21 bits per heavy atom. The Bertz CT molecular complexity index is 422. The first-order chi connectivity index (χ1) is 8.86. The maximum atomic E-state index is 10.8. The summed E-state index contributed by atoms with van der Waals surface area (Å²) in [5, 5.41) is 11.4. The molecule has 19 heavy (non-hydrogen) atoms. The number of nitrogens with two attached hydrogens (primary N) is 1. The normalized spacial score (nSPS) is 14.4. The zero-order valence-corrected chi connectivity index (χ0v) is 12.6. The van der Waals surface area contributed by atoms with Gasteiger partial charge in [-0.15, -0.1) is 11.3 Å². The second kappa shape index (κ2) is 6.83. The molecule has 2 unspecified atom stereocenters. The van der Waals surface area contributed by atoms with Crippen molar-refractivity contribution in [1.29, 1.82) is 0 Å². The fraction of sp³-hybridized carbons (Fsp3) is 0.667. The molecule has 0 fully saturated rings. The molecule has 2 atom stereocenters. The van der Waals surface area contributed by atoms with Crippen LogP contribution in [0, 0.1) is 0 Å². The first-order valence-electron chi connectivity index (χ1n) is 6.22. The van der Waals surface area contributed by atoms with Gasteiger partial charge in [-0.1, -0.05) is 0 Å². The highest BCUT2D eigenvalue weighted by Gasteiger charge is 2.21. The number of carboxylic acids is 1. The van der Waals surface area contributed by atoms with Crippen LogP contribution in [0.4, 0.5) is 5.13 Å². The maximum absolute atomic E-state index is 10.8. The highest BCUT2D eigenvalue weighted by Crippen LogP contribution is 2.25. The Balaban J connectivity index is 2.85. The first-order valence-corrected chi connectivity index (χ1v) is 7.10. The minimum Gasteiger partial charge on any atom is -0.480 e. The summed E-state index contributed by atoms with van der Waals surface area (Å²) in [6, 6.07) is -0.743. The van der Waals surface area contributed by atoms with E-state index in [0.717, 1.165) is 18.2 Å². The highest BCUT2D eigenvalue weighted by molar-refractivity contribution is 7.13. The van der Waals surface area contributed by atoms with Crippen molar-refractivity contribution in [2.75, 3.05) is 32.1 Å². The van der Waals surface area contributed by atoms with Gasteiger partial charge < -0.3 is 20.6 Å². The molecule has 3 N–H and O–H groups in total. The van der Waals surface area contributed by atoms with E-state index in [1.807, 2.05) is 14.1 Å². The first kappa shape index (κ1) is 15.9. The molecule has 1 aromatic rings. The largest absolute Gasteiger partial charge is 0.480 e. The van der Waals surface area contributed by atoms with Crippen molar-refractivity contribution in [2.45, 2.75) is 25.9 Å². The Kier molecular flexibility index (Phi) is 5.71. The number of hydrogen-bond acceptors (Lipinski definition) is 6. The van der Waals surface area contributed by atoms with Crippen molar-refractivity contribution in [3.63, 3.8) is 0 Å². The lowest BCUT2D eigenvalue weighted by Crippen LogP contribution is -2.40. The molecular weight excluding hydrogens is 264 g/mol. The monoisotopic (exact) mass is 286 g/mol. The fourth-order valence-electron chi connectivity index (χ4n) is 1.94. The van der Waals surface area contributed by atoms with Gasteiger partial charge in [-0.05, 0) is 27.9 Å². The average Bonchev–Trinajstić information content (AvgIpc) is 2.77. The van der Waals surface area contributed by atoms with Gasteiger partial charge in [0.15, 0.2) is 5.13 Å². The molecule has 6 nitrogen and oxygen atoms in total. The van der Waals surface area contributed by atoms with Gasteiger partial charge in [0.2, 0.25) is 0 Å². The summed E-state index contributed by atoms with van der Waals surface area (Å²) >= 11 is 1.44. The number of thiazole rings is 1. The Labute approximate surface area is 117 Å². The molecule has 0 radical (unpaired) electrons. The third-order valence-corrected chi connectivity index (χ3v) is 3.74. The fourth-order valence-corrected chi connectivity index (χ4v) is 2.97. The molecule has 1 heterocycles. The minimum absolute atomic E-state index is 0.306. The van der Waals surface area contributed by atoms with Crippen molar-refractivity contribution >= 4 is 22.4 Å². The zero-order chi connectivity index (χ0) is 14.6. The molecule has 0 spiro atoms.